The number of ether oxygens (including phenoxy) is 2. The van der Waals surface area contributed by atoms with Gasteiger partial charge in [-0.05, 0) is 24.5 Å². The molecule has 0 amide bonds. The van der Waals surface area contributed by atoms with Crippen molar-refractivity contribution in [1.29, 1.82) is 0 Å². The van der Waals surface area contributed by atoms with Crippen LogP contribution in [0.2, 0.25) is 0 Å². The van der Waals surface area contributed by atoms with Crippen molar-refractivity contribution in [1.82, 2.24) is 0 Å². The fraction of sp³-hybridized carbons (Fsp3) is 0.412. The fourth-order valence-electron chi connectivity index (χ4n) is 1.56. The van der Waals surface area contributed by atoms with Crippen LogP contribution in [0.5, 0.6) is 0 Å². The van der Waals surface area contributed by atoms with E-state index >= 15 is 0 Å². The minimum atomic E-state index is -0.502. The number of carbonyl (C=O) groups is 2. The van der Waals surface area contributed by atoms with Crippen LogP contribution in [0, 0.1) is 5.92 Å². The number of carbonyl (C=O) groups excluding carboxylic acids is 2. The van der Waals surface area contributed by atoms with Crippen molar-refractivity contribution < 1.29 is 19.1 Å². The van der Waals surface area contributed by atoms with Crippen molar-refractivity contribution in [3.8, 4) is 0 Å². The summed E-state index contributed by atoms with van der Waals surface area (Å²) < 4.78 is 10.2. The highest BCUT2D eigenvalue weighted by Gasteiger charge is 2.13. The van der Waals surface area contributed by atoms with E-state index in [1.54, 1.807) is 13.0 Å². The van der Waals surface area contributed by atoms with Gasteiger partial charge in [-0.3, -0.25) is 4.79 Å². The average molecular weight is 290 g/mol. The van der Waals surface area contributed by atoms with E-state index in [9.17, 15) is 9.59 Å². The maximum atomic E-state index is 11.6. The van der Waals surface area contributed by atoms with Crippen molar-refractivity contribution in [2.24, 2.45) is 5.92 Å². The molecular formula is C17H22O4. The Kier molecular flexibility index (Phi) is 7.23. The van der Waals surface area contributed by atoms with Crippen LogP contribution in [0.3, 0.4) is 0 Å². The van der Waals surface area contributed by atoms with Crippen LogP contribution in [0.15, 0.2) is 36.4 Å². The van der Waals surface area contributed by atoms with Gasteiger partial charge in [0, 0.05) is 6.08 Å². The van der Waals surface area contributed by atoms with E-state index < -0.39 is 12.1 Å². The summed E-state index contributed by atoms with van der Waals surface area (Å²) in [7, 11) is 0. The minimum Gasteiger partial charge on any atom is -0.465 e. The molecule has 0 aliphatic heterocycles. The summed E-state index contributed by atoms with van der Waals surface area (Å²) in [4.78, 5) is 23.1. The monoisotopic (exact) mass is 290 g/mol. The first-order valence-corrected chi connectivity index (χ1v) is 7.06. The van der Waals surface area contributed by atoms with Gasteiger partial charge in [-0.1, -0.05) is 44.2 Å². The summed E-state index contributed by atoms with van der Waals surface area (Å²) in [6.07, 6.45) is 2.59. The summed E-state index contributed by atoms with van der Waals surface area (Å²) in [5.74, 6) is -0.528. The molecule has 0 heterocycles. The second-order valence-electron chi connectivity index (χ2n) is 5.27. The van der Waals surface area contributed by atoms with Crippen LogP contribution in [-0.4, -0.2) is 24.6 Å². The second kappa shape index (κ2) is 8.95. The Morgan fingerprint density at radius 1 is 1.14 bits per heavy atom. The van der Waals surface area contributed by atoms with E-state index in [1.165, 1.54) is 6.08 Å². The lowest BCUT2D eigenvalue weighted by Crippen LogP contribution is -2.20. The fourth-order valence-corrected chi connectivity index (χ4v) is 1.56. The van der Waals surface area contributed by atoms with Gasteiger partial charge in [-0.2, -0.15) is 0 Å². The molecular weight excluding hydrogens is 268 g/mol. The Morgan fingerprint density at radius 3 is 2.43 bits per heavy atom. The Bertz CT molecular complexity index is 477. The van der Waals surface area contributed by atoms with Crippen LogP contribution in [0.1, 0.15) is 32.8 Å². The Labute approximate surface area is 125 Å². The van der Waals surface area contributed by atoms with E-state index in [4.69, 9.17) is 9.47 Å². The van der Waals surface area contributed by atoms with Gasteiger partial charge >= 0.3 is 11.9 Å². The molecule has 1 aromatic carbocycles. The summed E-state index contributed by atoms with van der Waals surface area (Å²) in [6.45, 7) is 5.98. The van der Waals surface area contributed by atoms with Crippen molar-refractivity contribution in [2.45, 2.75) is 33.3 Å². The van der Waals surface area contributed by atoms with Gasteiger partial charge in [-0.15, -0.1) is 0 Å². The van der Waals surface area contributed by atoms with E-state index in [-0.39, 0.29) is 12.4 Å². The predicted octanol–water partition coefficient (Wildman–Crippen LogP) is 3.22. The molecule has 0 aromatic heterocycles. The molecule has 0 bridgehead atoms. The zero-order chi connectivity index (χ0) is 15.7. The largest absolute Gasteiger partial charge is 0.465 e. The molecule has 0 fully saturated rings. The van der Waals surface area contributed by atoms with Crippen LogP contribution < -0.4 is 0 Å². The summed E-state index contributed by atoms with van der Waals surface area (Å²) in [5.41, 5.74) is 0.915. The third-order valence-electron chi connectivity index (χ3n) is 2.56. The van der Waals surface area contributed by atoms with Gasteiger partial charge < -0.3 is 9.47 Å². The molecule has 114 valence electrons. The zero-order valence-electron chi connectivity index (χ0n) is 12.7. The van der Waals surface area contributed by atoms with Crippen LogP contribution >= 0.6 is 0 Å². The van der Waals surface area contributed by atoms with Crippen molar-refractivity contribution in [2.75, 3.05) is 6.61 Å². The first-order chi connectivity index (χ1) is 9.97. The molecule has 0 saturated carbocycles. The normalized spacial score (nSPS) is 12.4. The molecule has 0 saturated heterocycles. The number of benzene rings is 1. The lowest BCUT2D eigenvalue weighted by molar-refractivity contribution is -0.151. The van der Waals surface area contributed by atoms with E-state index in [2.05, 4.69) is 0 Å². The molecule has 1 atom stereocenters. The molecule has 4 heteroatoms. The van der Waals surface area contributed by atoms with Gasteiger partial charge in [0.15, 0.2) is 0 Å². The van der Waals surface area contributed by atoms with Gasteiger partial charge in [0.2, 0.25) is 0 Å². The van der Waals surface area contributed by atoms with E-state index in [0.717, 1.165) is 5.56 Å². The highest BCUT2D eigenvalue weighted by atomic mass is 16.6. The summed E-state index contributed by atoms with van der Waals surface area (Å²) in [6, 6.07) is 9.45. The number of hydrogen-bond acceptors (Lipinski definition) is 4. The topological polar surface area (TPSA) is 52.6 Å². The minimum absolute atomic E-state index is 0.0671. The van der Waals surface area contributed by atoms with Crippen LogP contribution in [0.4, 0.5) is 0 Å². The van der Waals surface area contributed by atoms with Crippen molar-refractivity contribution in [3.05, 3.63) is 42.0 Å². The number of hydrogen-bond donors (Lipinski definition) is 0. The quantitative estimate of drug-likeness (QED) is 0.571. The van der Waals surface area contributed by atoms with Crippen LogP contribution in [-0.2, 0) is 19.1 Å². The van der Waals surface area contributed by atoms with Crippen molar-refractivity contribution in [3.63, 3.8) is 0 Å². The third-order valence-corrected chi connectivity index (χ3v) is 2.56. The summed E-state index contributed by atoms with van der Waals surface area (Å²) >= 11 is 0. The maximum Gasteiger partial charge on any atom is 0.331 e. The van der Waals surface area contributed by atoms with Crippen LogP contribution in [0.25, 0.3) is 6.08 Å². The Morgan fingerprint density at radius 2 is 1.81 bits per heavy atom. The van der Waals surface area contributed by atoms with Gasteiger partial charge in [0.1, 0.15) is 6.10 Å². The molecule has 21 heavy (non-hydrogen) atoms. The van der Waals surface area contributed by atoms with Gasteiger partial charge in [0.05, 0.1) is 13.0 Å². The predicted molar refractivity (Wildman–Crippen MR) is 81.4 cm³/mol. The SMILES string of the molecule is CC(C)COC(=O)CC(C)OC(=O)C=Cc1ccccc1. The van der Waals surface area contributed by atoms with Gasteiger partial charge in [-0.25, -0.2) is 4.79 Å². The number of esters is 2. The van der Waals surface area contributed by atoms with Crippen molar-refractivity contribution >= 4 is 18.0 Å². The molecule has 1 aromatic rings. The van der Waals surface area contributed by atoms with Gasteiger partial charge in [0.25, 0.3) is 0 Å². The highest BCUT2D eigenvalue weighted by Crippen LogP contribution is 2.05. The highest BCUT2D eigenvalue weighted by molar-refractivity contribution is 5.87. The first-order valence-electron chi connectivity index (χ1n) is 7.06. The molecule has 4 nitrogen and oxygen atoms in total. The molecule has 0 spiro atoms. The first kappa shape index (κ1) is 17.0. The molecule has 0 radical (unpaired) electrons. The summed E-state index contributed by atoms with van der Waals surface area (Å²) in [5, 5.41) is 0. The molecule has 1 unspecified atom stereocenters. The molecule has 0 aliphatic rings. The smallest absolute Gasteiger partial charge is 0.331 e. The standard InChI is InChI=1S/C17H22O4/c1-13(2)12-20-17(19)11-14(3)21-16(18)10-9-15-7-5-4-6-8-15/h4-10,13-14H,11-12H2,1-3H3. The second-order valence-corrected chi connectivity index (χ2v) is 5.27. The molecule has 1 rings (SSSR count). The lowest BCUT2D eigenvalue weighted by atomic mass is 10.2. The van der Waals surface area contributed by atoms with E-state index in [1.807, 2.05) is 44.2 Å². The average Bonchev–Trinajstić information content (AvgIpc) is 2.44. The Hall–Kier alpha value is -2.10. The lowest BCUT2D eigenvalue weighted by Gasteiger charge is -2.12. The number of rotatable bonds is 7. The molecule has 0 aliphatic carbocycles. The Balaban J connectivity index is 2.33. The maximum absolute atomic E-state index is 11.6. The van der Waals surface area contributed by atoms with E-state index in [0.29, 0.717) is 12.5 Å². The third kappa shape index (κ3) is 7.92. The molecule has 0 N–H and O–H groups in total. The zero-order valence-corrected chi connectivity index (χ0v) is 12.7.